The Balaban J connectivity index is 1.60. The minimum atomic E-state index is 0.168. The summed E-state index contributed by atoms with van der Waals surface area (Å²) in [6, 6.07) is 12.8. The van der Waals surface area contributed by atoms with Crippen LogP contribution in [0.4, 0.5) is 0 Å². The molecule has 1 unspecified atom stereocenters. The van der Waals surface area contributed by atoms with E-state index in [9.17, 15) is 4.79 Å². The van der Waals surface area contributed by atoms with Gasteiger partial charge in [0.25, 0.3) is 0 Å². The monoisotopic (exact) mass is 284 g/mol. The summed E-state index contributed by atoms with van der Waals surface area (Å²) in [5, 5.41) is 8.77. The van der Waals surface area contributed by atoms with Gasteiger partial charge in [-0.3, -0.25) is 4.79 Å². The van der Waals surface area contributed by atoms with E-state index in [1.165, 1.54) is 16.3 Å². The molecular weight excluding hydrogens is 264 g/mol. The lowest BCUT2D eigenvalue weighted by Crippen LogP contribution is -2.35. The summed E-state index contributed by atoms with van der Waals surface area (Å²) >= 11 is 0. The number of nitrogens with one attached hydrogen (secondary N) is 2. The SMILES string of the molecule is COc1ccc2cc(CNCC3CCC(=O)N3)ccc2c1. The van der Waals surface area contributed by atoms with Crippen molar-refractivity contribution >= 4 is 16.7 Å². The van der Waals surface area contributed by atoms with Gasteiger partial charge in [0.1, 0.15) is 5.75 Å². The first-order chi connectivity index (χ1) is 10.2. The third-order valence-corrected chi connectivity index (χ3v) is 3.92. The second-order valence-corrected chi connectivity index (χ2v) is 5.48. The lowest BCUT2D eigenvalue weighted by atomic mass is 10.1. The first-order valence-electron chi connectivity index (χ1n) is 7.31. The molecule has 1 heterocycles. The van der Waals surface area contributed by atoms with Crippen LogP contribution in [0.15, 0.2) is 36.4 Å². The maximum atomic E-state index is 11.1. The second-order valence-electron chi connectivity index (χ2n) is 5.48. The summed E-state index contributed by atoms with van der Waals surface area (Å²) in [5.74, 6) is 1.05. The summed E-state index contributed by atoms with van der Waals surface area (Å²) in [4.78, 5) is 11.1. The topological polar surface area (TPSA) is 50.4 Å². The second kappa shape index (κ2) is 6.14. The average Bonchev–Trinajstić information content (AvgIpc) is 2.92. The molecule has 0 saturated carbocycles. The van der Waals surface area contributed by atoms with Gasteiger partial charge in [-0.15, -0.1) is 0 Å². The Hall–Kier alpha value is -2.07. The molecule has 1 aliphatic rings. The van der Waals surface area contributed by atoms with Gasteiger partial charge in [-0.05, 0) is 41.0 Å². The number of rotatable bonds is 5. The Morgan fingerprint density at radius 3 is 2.81 bits per heavy atom. The van der Waals surface area contributed by atoms with Crippen LogP contribution in [-0.4, -0.2) is 25.6 Å². The summed E-state index contributed by atoms with van der Waals surface area (Å²) < 4.78 is 5.24. The number of fused-ring (bicyclic) bond motifs is 1. The van der Waals surface area contributed by atoms with Gasteiger partial charge in [-0.1, -0.05) is 18.2 Å². The Kier molecular flexibility index (Phi) is 4.06. The van der Waals surface area contributed by atoms with Gasteiger partial charge in [0.2, 0.25) is 5.91 Å². The van der Waals surface area contributed by atoms with E-state index in [4.69, 9.17) is 4.74 Å². The standard InChI is InChI=1S/C17H20N2O2/c1-21-16-6-4-13-8-12(2-3-14(13)9-16)10-18-11-15-5-7-17(20)19-15/h2-4,6,8-9,15,18H,5,7,10-11H2,1H3,(H,19,20). The fourth-order valence-electron chi connectivity index (χ4n) is 2.73. The molecule has 1 atom stereocenters. The Morgan fingerprint density at radius 1 is 1.24 bits per heavy atom. The molecule has 0 spiro atoms. The molecule has 2 N–H and O–H groups in total. The fraction of sp³-hybridized carbons (Fsp3) is 0.353. The van der Waals surface area contributed by atoms with Crippen LogP contribution in [0.25, 0.3) is 10.8 Å². The largest absolute Gasteiger partial charge is 0.497 e. The molecule has 3 rings (SSSR count). The predicted octanol–water partition coefficient (Wildman–Crippen LogP) is 2.22. The number of methoxy groups -OCH3 is 1. The summed E-state index contributed by atoms with van der Waals surface area (Å²) in [7, 11) is 1.68. The lowest BCUT2D eigenvalue weighted by molar-refractivity contribution is -0.119. The third-order valence-electron chi connectivity index (χ3n) is 3.92. The quantitative estimate of drug-likeness (QED) is 0.885. The third kappa shape index (κ3) is 3.34. The van der Waals surface area contributed by atoms with Gasteiger partial charge in [-0.25, -0.2) is 0 Å². The molecular formula is C17H20N2O2. The van der Waals surface area contributed by atoms with Crippen molar-refractivity contribution in [2.45, 2.75) is 25.4 Å². The van der Waals surface area contributed by atoms with Crippen LogP contribution in [0.3, 0.4) is 0 Å². The number of benzene rings is 2. The molecule has 0 aromatic heterocycles. The van der Waals surface area contributed by atoms with E-state index < -0.39 is 0 Å². The summed E-state index contributed by atoms with van der Waals surface area (Å²) in [5.41, 5.74) is 1.25. The van der Waals surface area contributed by atoms with E-state index >= 15 is 0 Å². The lowest BCUT2D eigenvalue weighted by Gasteiger charge is -2.11. The molecule has 1 saturated heterocycles. The van der Waals surface area contributed by atoms with Crippen LogP contribution < -0.4 is 15.4 Å². The predicted molar refractivity (Wildman–Crippen MR) is 83.4 cm³/mol. The number of carbonyl (C=O) groups is 1. The normalized spacial score (nSPS) is 18.0. The molecule has 2 aromatic rings. The molecule has 110 valence electrons. The van der Waals surface area contributed by atoms with Gasteiger partial charge in [0, 0.05) is 25.6 Å². The number of hydrogen-bond donors (Lipinski definition) is 2. The molecule has 0 aliphatic carbocycles. The van der Waals surface area contributed by atoms with Crippen LogP contribution in [0, 0.1) is 0 Å². The maximum Gasteiger partial charge on any atom is 0.220 e. The molecule has 21 heavy (non-hydrogen) atoms. The van der Waals surface area contributed by atoms with Crippen LogP contribution in [0.1, 0.15) is 18.4 Å². The molecule has 0 radical (unpaired) electrons. The van der Waals surface area contributed by atoms with Crippen molar-refractivity contribution in [3.63, 3.8) is 0 Å². The van der Waals surface area contributed by atoms with Crippen molar-refractivity contribution in [2.75, 3.05) is 13.7 Å². The van der Waals surface area contributed by atoms with Crippen LogP contribution in [-0.2, 0) is 11.3 Å². The van der Waals surface area contributed by atoms with E-state index in [0.717, 1.165) is 25.3 Å². The zero-order chi connectivity index (χ0) is 14.7. The van der Waals surface area contributed by atoms with E-state index in [1.807, 2.05) is 12.1 Å². The first-order valence-corrected chi connectivity index (χ1v) is 7.31. The highest BCUT2D eigenvalue weighted by atomic mass is 16.5. The zero-order valence-electron chi connectivity index (χ0n) is 12.2. The maximum absolute atomic E-state index is 11.1. The van der Waals surface area contributed by atoms with Gasteiger partial charge >= 0.3 is 0 Å². The molecule has 1 fully saturated rings. The molecule has 0 bridgehead atoms. The molecule has 4 heteroatoms. The van der Waals surface area contributed by atoms with Crippen LogP contribution in [0.5, 0.6) is 5.75 Å². The van der Waals surface area contributed by atoms with Crippen LogP contribution in [0.2, 0.25) is 0 Å². The summed E-state index contributed by atoms with van der Waals surface area (Å²) in [6.07, 6.45) is 1.59. The number of ether oxygens (including phenoxy) is 1. The number of amides is 1. The smallest absolute Gasteiger partial charge is 0.220 e. The highest BCUT2D eigenvalue weighted by Gasteiger charge is 2.19. The first kappa shape index (κ1) is 13.9. The average molecular weight is 284 g/mol. The fourth-order valence-corrected chi connectivity index (χ4v) is 2.73. The summed E-state index contributed by atoms with van der Waals surface area (Å²) in [6.45, 7) is 1.64. The van der Waals surface area contributed by atoms with E-state index in [-0.39, 0.29) is 11.9 Å². The molecule has 1 aliphatic heterocycles. The number of hydrogen-bond acceptors (Lipinski definition) is 3. The van der Waals surface area contributed by atoms with Crippen molar-refractivity contribution in [3.05, 3.63) is 42.0 Å². The van der Waals surface area contributed by atoms with Crippen LogP contribution >= 0.6 is 0 Å². The van der Waals surface area contributed by atoms with E-state index in [2.05, 4.69) is 34.9 Å². The molecule has 4 nitrogen and oxygen atoms in total. The van der Waals surface area contributed by atoms with Crippen molar-refractivity contribution < 1.29 is 9.53 Å². The van der Waals surface area contributed by atoms with Crippen molar-refractivity contribution in [1.82, 2.24) is 10.6 Å². The van der Waals surface area contributed by atoms with Gasteiger partial charge in [0.15, 0.2) is 0 Å². The van der Waals surface area contributed by atoms with Crippen molar-refractivity contribution in [1.29, 1.82) is 0 Å². The molecule has 1 amide bonds. The Bertz CT molecular complexity index is 654. The van der Waals surface area contributed by atoms with Crippen molar-refractivity contribution in [2.24, 2.45) is 0 Å². The highest BCUT2D eigenvalue weighted by Crippen LogP contribution is 2.21. The Labute approximate surface area is 124 Å². The highest BCUT2D eigenvalue weighted by molar-refractivity contribution is 5.84. The van der Waals surface area contributed by atoms with E-state index in [0.29, 0.717) is 6.42 Å². The van der Waals surface area contributed by atoms with Gasteiger partial charge in [0.05, 0.1) is 7.11 Å². The minimum absolute atomic E-state index is 0.168. The van der Waals surface area contributed by atoms with Gasteiger partial charge < -0.3 is 15.4 Å². The van der Waals surface area contributed by atoms with Crippen molar-refractivity contribution in [3.8, 4) is 5.75 Å². The van der Waals surface area contributed by atoms with E-state index in [1.54, 1.807) is 7.11 Å². The number of carbonyl (C=O) groups excluding carboxylic acids is 1. The zero-order valence-corrected chi connectivity index (χ0v) is 12.2. The minimum Gasteiger partial charge on any atom is -0.497 e. The van der Waals surface area contributed by atoms with Gasteiger partial charge in [-0.2, -0.15) is 0 Å². The molecule has 2 aromatic carbocycles. The Morgan fingerprint density at radius 2 is 2.05 bits per heavy atom.